The molecule has 1 N–H and O–H groups in total. The summed E-state index contributed by atoms with van der Waals surface area (Å²) >= 11 is 0. The molecule has 8 heteroatoms. The van der Waals surface area contributed by atoms with Crippen molar-refractivity contribution in [1.82, 2.24) is 9.62 Å². The number of carbonyl (C=O) groups is 1. The number of sulfonamides is 1. The zero-order valence-corrected chi connectivity index (χ0v) is 14.8. The number of hydrogen-bond acceptors (Lipinski definition) is 4. The summed E-state index contributed by atoms with van der Waals surface area (Å²) in [5.41, 5.74) is 0.853. The van der Waals surface area contributed by atoms with Crippen LogP contribution in [0.15, 0.2) is 53.4 Å². The van der Waals surface area contributed by atoms with Gasteiger partial charge in [0, 0.05) is 25.2 Å². The Bertz CT molecular complexity index is 896. The summed E-state index contributed by atoms with van der Waals surface area (Å²) in [4.78, 5) is 12.4. The van der Waals surface area contributed by atoms with Gasteiger partial charge in [0.25, 0.3) is 5.91 Å². The van der Waals surface area contributed by atoms with Gasteiger partial charge in [0.2, 0.25) is 10.0 Å². The SMILES string of the molecule is O=C(NCc1cccc(F)c1)c1cccc(S(=O)(=O)N2CCOCC2)c1. The van der Waals surface area contributed by atoms with Crippen LogP contribution in [0, 0.1) is 5.82 Å². The van der Waals surface area contributed by atoms with Gasteiger partial charge in [-0.15, -0.1) is 0 Å². The number of nitrogens with zero attached hydrogens (tertiary/aromatic N) is 1. The van der Waals surface area contributed by atoms with E-state index in [1.165, 1.54) is 34.6 Å². The van der Waals surface area contributed by atoms with Gasteiger partial charge in [-0.2, -0.15) is 4.31 Å². The lowest BCUT2D eigenvalue weighted by atomic mass is 10.2. The van der Waals surface area contributed by atoms with E-state index < -0.39 is 15.9 Å². The highest BCUT2D eigenvalue weighted by Crippen LogP contribution is 2.18. The molecule has 1 heterocycles. The second-order valence-electron chi connectivity index (χ2n) is 5.86. The first-order chi connectivity index (χ1) is 12.5. The van der Waals surface area contributed by atoms with Crippen molar-refractivity contribution in [3.63, 3.8) is 0 Å². The van der Waals surface area contributed by atoms with E-state index in [1.807, 2.05) is 0 Å². The molecule has 1 saturated heterocycles. The second-order valence-corrected chi connectivity index (χ2v) is 7.79. The number of rotatable bonds is 5. The zero-order valence-electron chi connectivity index (χ0n) is 14.0. The molecule has 6 nitrogen and oxygen atoms in total. The minimum absolute atomic E-state index is 0.0674. The van der Waals surface area contributed by atoms with E-state index in [4.69, 9.17) is 4.74 Å². The maximum atomic E-state index is 13.2. The van der Waals surface area contributed by atoms with Gasteiger partial charge in [-0.3, -0.25) is 4.79 Å². The smallest absolute Gasteiger partial charge is 0.251 e. The molecule has 2 aromatic rings. The molecule has 0 unspecified atom stereocenters. The average Bonchev–Trinajstić information content (AvgIpc) is 2.67. The standard InChI is InChI=1S/C18H19FN2O4S/c19-16-5-1-3-14(11-16)13-20-18(22)15-4-2-6-17(12-15)26(23,24)21-7-9-25-10-8-21/h1-6,11-12H,7-10,13H2,(H,20,22). The average molecular weight is 378 g/mol. The van der Waals surface area contributed by atoms with Crippen LogP contribution in [0.3, 0.4) is 0 Å². The van der Waals surface area contributed by atoms with Crippen molar-refractivity contribution in [2.24, 2.45) is 0 Å². The first kappa shape index (κ1) is 18.5. The van der Waals surface area contributed by atoms with E-state index in [0.29, 0.717) is 31.9 Å². The van der Waals surface area contributed by atoms with Gasteiger partial charge >= 0.3 is 0 Å². The Morgan fingerprint density at radius 2 is 1.85 bits per heavy atom. The van der Waals surface area contributed by atoms with Crippen LogP contribution in [-0.2, 0) is 21.3 Å². The van der Waals surface area contributed by atoms with Gasteiger partial charge in [-0.25, -0.2) is 12.8 Å². The minimum atomic E-state index is -3.67. The summed E-state index contributed by atoms with van der Waals surface area (Å²) in [6.07, 6.45) is 0. The third-order valence-electron chi connectivity index (χ3n) is 4.05. The van der Waals surface area contributed by atoms with Crippen LogP contribution in [0.5, 0.6) is 0 Å². The Labute approximate surface area is 151 Å². The maximum Gasteiger partial charge on any atom is 0.251 e. The molecule has 0 spiro atoms. The summed E-state index contributed by atoms with van der Waals surface area (Å²) in [7, 11) is -3.67. The monoisotopic (exact) mass is 378 g/mol. The molecule has 2 aromatic carbocycles. The lowest BCUT2D eigenvalue weighted by Gasteiger charge is -2.26. The highest BCUT2D eigenvalue weighted by atomic mass is 32.2. The van der Waals surface area contributed by atoms with Crippen molar-refractivity contribution in [2.45, 2.75) is 11.4 Å². The molecule has 138 valence electrons. The summed E-state index contributed by atoms with van der Waals surface area (Å²) in [5, 5.41) is 2.67. The summed E-state index contributed by atoms with van der Waals surface area (Å²) in [6.45, 7) is 1.44. The van der Waals surface area contributed by atoms with Crippen LogP contribution < -0.4 is 5.32 Å². The van der Waals surface area contributed by atoms with Gasteiger partial charge in [0.15, 0.2) is 0 Å². The number of nitrogens with one attached hydrogen (secondary N) is 1. The predicted molar refractivity (Wildman–Crippen MR) is 93.6 cm³/mol. The molecular weight excluding hydrogens is 359 g/mol. The van der Waals surface area contributed by atoms with Crippen molar-refractivity contribution >= 4 is 15.9 Å². The van der Waals surface area contributed by atoms with Crippen LogP contribution in [-0.4, -0.2) is 44.9 Å². The quantitative estimate of drug-likeness (QED) is 0.861. The number of ether oxygens (including phenoxy) is 1. The van der Waals surface area contributed by atoms with E-state index in [0.717, 1.165) is 0 Å². The highest BCUT2D eigenvalue weighted by molar-refractivity contribution is 7.89. The zero-order chi connectivity index (χ0) is 18.6. The molecule has 26 heavy (non-hydrogen) atoms. The second kappa shape index (κ2) is 7.94. The Hall–Kier alpha value is -2.29. The largest absolute Gasteiger partial charge is 0.379 e. The minimum Gasteiger partial charge on any atom is -0.379 e. The lowest BCUT2D eigenvalue weighted by molar-refractivity contribution is 0.0730. The molecule has 1 aliphatic rings. The first-order valence-electron chi connectivity index (χ1n) is 8.17. The summed E-state index contributed by atoms with van der Waals surface area (Å²) in [5.74, 6) is -0.802. The van der Waals surface area contributed by atoms with E-state index in [9.17, 15) is 17.6 Å². The van der Waals surface area contributed by atoms with E-state index >= 15 is 0 Å². The molecule has 0 atom stereocenters. The van der Waals surface area contributed by atoms with Crippen LogP contribution >= 0.6 is 0 Å². The molecule has 0 aliphatic carbocycles. The summed E-state index contributed by atoms with van der Waals surface area (Å²) in [6, 6.07) is 11.8. The van der Waals surface area contributed by atoms with Gasteiger partial charge in [-0.1, -0.05) is 18.2 Å². The van der Waals surface area contributed by atoms with Crippen LogP contribution in [0.25, 0.3) is 0 Å². The normalized spacial score (nSPS) is 15.6. The number of carbonyl (C=O) groups excluding carboxylic acids is 1. The van der Waals surface area contributed by atoms with Crippen LogP contribution in [0.4, 0.5) is 4.39 Å². The third-order valence-corrected chi connectivity index (χ3v) is 5.94. The maximum absolute atomic E-state index is 13.2. The molecule has 0 aromatic heterocycles. The van der Waals surface area contributed by atoms with Gasteiger partial charge < -0.3 is 10.1 Å². The number of hydrogen-bond donors (Lipinski definition) is 1. The van der Waals surface area contributed by atoms with Crippen molar-refractivity contribution in [1.29, 1.82) is 0 Å². The Kier molecular flexibility index (Phi) is 5.65. The predicted octanol–water partition coefficient (Wildman–Crippen LogP) is 1.78. The summed E-state index contributed by atoms with van der Waals surface area (Å²) < 4.78 is 45.1. The molecule has 0 bridgehead atoms. The molecule has 0 saturated carbocycles. The van der Waals surface area contributed by atoms with Crippen molar-refractivity contribution in [3.8, 4) is 0 Å². The number of benzene rings is 2. The van der Waals surface area contributed by atoms with E-state index in [2.05, 4.69) is 5.32 Å². The molecule has 3 rings (SSSR count). The lowest BCUT2D eigenvalue weighted by Crippen LogP contribution is -2.40. The topological polar surface area (TPSA) is 75.7 Å². The molecule has 1 amide bonds. The fourth-order valence-electron chi connectivity index (χ4n) is 2.67. The number of halogens is 1. The van der Waals surface area contributed by atoms with Crippen LogP contribution in [0.1, 0.15) is 15.9 Å². The van der Waals surface area contributed by atoms with Crippen molar-refractivity contribution in [2.75, 3.05) is 26.3 Å². The van der Waals surface area contributed by atoms with Gasteiger partial charge in [0.05, 0.1) is 18.1 Å². The Morgan fingerprint density at radius 3 is 2.58 bits per heavy atom. The fourth-order valence-corrected chi connectivity index (χ4v) is 4.12. The van der Waals surface area contributed by atoms with Crippen LogP contribution in [0.2, 0.25) is 0 Å². The Morgan fingerprint density at radius 1 is 1.12 bits per heavy atom. The van der Waals surface area contributed by atoms with E-state index in [-0.39, 0.29) is 22.8 Å². The van der Waals surface area contributed by atoms with Gasteiger partial charge in [-0.05, 0) is 35.9 Å². The molecule has 1 fully saturated rings. The van der Waals surface area contributed by atoms with Gasteiger partial charge in [0.1, 0.15) is 5.82 Å². The highest BCUT2D eigenvalue weighted by Gasteiger charge is 2.26. The first-order valence-corrected chi connectivity index (χ1v) is 9.61. The molecular formula is C18H19FN2O4S. The fraction of sp³-hybridized carbons (Fsp3) is 0.278. The Balaban J connectivity index is 1.73. The van der Waals surface area contributed by atoms with E-state index in [1.54, 1.807) is 18.2 Å². The van der Waals surface area contributed by atoms with Crippen molar-refractivity contribution < 1.29 is 22.3 Å². The third kappa shape index (κ3) is 4.27. The number of morpholine rings is 1. The number of amides is 1. The molecule has 1 aliphatic heterocycles. The van der Waals surface area contributed by atoms with Crippen molar-refractivity contribution in [3.05, 3.63) is 65.5 Å². The molecule has 0 radical (unpaired) electrons.